The van der Waals surface area contributed by atoms with E-state index in [1.165, 1.54) is 0 Å². The Morgan fingerprint density at radius 3 is 2.19 bits per heavy atom. The third-order valence-electron chi connectivity index (χ3n) is 4.90. The lowest BCUT2D eigenvalue weighted by Crippen LogP contribution is -2.27. The molecule has 0 saturated heterocycles. The van der Waals surface area contributed by atoms with Gasteiger partial charge in [-0.15, -0.1) is 0 Å². The number of amides is 2. The van der Waals surface area contributed by atoms with Crippen LogP contribution in [0.25, 0.3) is 16.8 Å². The van der Waals surface area contributed by atoms with Gasteiger partial charge in [0.15, 0.2) is 0 Å². The van der Waals surface area contributed by atoms with Crippen LogP contribution in [0, 0.1) is 12.8 Å². The van der Waals surface area contributed by atoms with Crippen LogP contribution in [0.2, 0.25) is 0 Å². The first-order valence-corrected chi connectivity index (χ1v) is 10.7. The summed E-state index contributed by atoms with van der Waals surface area (Å²) in [5, 5.41) is 10.6. The van der Waals surface area contributed by atoms with E-state index in [0.29, 0.717) is 31.1 Å². The fourth-order valence-corrected chi connectivity index (χ4v) is 3.36. The van der Waals surface area contributed by atoms with E-state index in [-0.39, 0.29) is 18.2 Å². The first-order valence-electron chi connectivity index (χ1n) is 10.7. The summed E-state index contributed by atoms with van der Waals surface area (Å²) < 4.78 is 1.77. The number of nitrogens with one attached hydrogen (secondary N) is 2. The predicted molar refractivity (Wildman–Crippen MR) is 124 cm³/mol. The van der Waals surface area contributed by atoms with Crippen LogP contribution in [0.1, 0.15) is 38.8 Å². The highest BCUT2D eigenvalue weighted by Crippen LogP contribution is 2.33. The molecule has 6 heteroatoms. The zero-order valence-electron chi connectivity index (χ0n) is 18.4. The van der Waals surface area contributed by atoms with Gasteiger partial charge in [0.1, 0.15) is 5.82 Å². The summed E-state index contributed by atoms with van der Waals surface area (Å²) >= 11 is 0. The van der Waals surface area contributed by atoms with Crippen molar-refractivity contribution in [3.8, 4) is 16.8 Å². The summed E-state index contributed by atoms with van der Waals surface area (Å²) in [5.41, 5.74) is 3.59. The molecule has 1 heterocycles. The van der Waals surface area contributed by atoms with Crippen LogP contribution in [-0.4, -0.2) is 28.1 Å². The fraction of sp³-hybridized carbons (Fsp3) is 0.320. The lowest BCUT2D eigenvalue weighted by Gasteiger charge is -2.12. The minimum Gasteiger partial charge on any atom is -0.356 e. The molecule has 0 unspecified atom stereocenters. The lowest BCUT2D eigenvalue weighted by atomic mass is 10.1. The number of rotatable bonds is 9. The summed E-state index contributed by atoms with van der Waals surface area (Å²) in [6.45, 7) is 6.70. The molecule has 31 heavy (non-hydrogen) atoms. The van der Waals surface area contributed by atoms with Crippen LogP contribution in [0.15, 0.2) is 60.7 Å². The van der Waals surface area contributed by atoms with Crippen molar-refractivity contribution >= 4 is 17.6 Å². The molecule has 0 spiro atoms. The summed E-state index contributed by atoms with van der Waals surface area (Å²) in [5.74, 6) is 0.900. The Bertz CT molecular complexity index is 1010. The average molecular weight is 419 g/mol. The molecule has 1 aromatic heterocycles. The van der Waals surface area contributed by atoms with E-state index in [1.54, 1.807) is 4.68 Å². The Hall–Kier alpha value is -3.41. The van der Waals surface area contributed by atoms with Gasteiger partial charge in [-0.3, -0.25) is 9.59 Å². The van der Waals surface area contributed by atoms with Crippen molar-refractivity contribution < 1.29 is 9.59 Å². The maximum Gasteiger partial charge on any atom is 0.225 e. The number of anilines is 1. The molecule has 2 amide bonds. The second kappa shape index (κ2) is 10.6. The minimum absolute atomic E-state index is 0.0170. The maximum atomic E-state index is 12.8. The molecule has 162 valence electrons. The second-order valence-electron chi connectivity index (χ2n) is 8.02. The van der Waals surface area contributed by atoms with Crippen molar-refractivity contribution in [2.45, 2.75) is 40.0 Å². The molecule has 0 aliphatic rings. The molecule has 3 rings (SSSR count). The second-order valence-corrected chi connectivity index (χ2v) is 8.02. The van der Waals surface area contributed by atoms with E-state index < -0.39 is 0 Å². The van der Waals surface area contributed by atoms with Crippen LogP contribution in [0.3, 0.4) is 0 Å². The topological polar surface area (TPSA) is 76.0 Å². The number of para-hydroxylation sites is 1. The molecule has 2 N–H and O–H groups in total. The average Bonchev–Trinajstić information content (AvgIpc) is 3.09. The number of aryl methyl sites for hydroxylation is 1. The zero-order chi connectivity index (χ0) is 22.2. The molecule has 0 fully saturated rings. The largest absolute Gasteiger partial charge is 0.356 e. The number of nitrogens with zero attached hydrogens (tertiary/aromatic N) is 2. The number of carbonyl (C=O) groups excluding carboxylic acids is 2. The molecule has 3 aromatic rings. The third-order valence-corrected chi connectivity index (χ3v) is 4.90. The van der Waals surface area contributed by atoms with Crippen molar-refractivity contribution in [3.05, 3.63) is 66.4 Å². The van der Waals surface area contributed by atoms with E-state index in [4.69, 9.17) is 5.10 Å². The van der Waals surface area contributed by atoms with E-state index in [2.05, 4.69) is 24.5 Å². The Balaban J connectivity index is 1.77. The Morgan fingerprint density at radius 2 is 1.55 bits per heavy atom. The van der Waals surface area contributed by atoms with E-state index in [0.717, 1.165) is 22.5 Å². The van der Waals surface area contributed by atoms with Crippen molar-refractivity contribution in [3.63, 3.8) is 0 Å². The SMILES string of the molecule is Cc1nn(-c2ccccc2)c(NC(=O)CCCC(=O)NCC(C)C)c1-c1ccccc1. The molecular weight excluding hydrogens is 388 g/mol. The normalized spacial score (nSPS) is 10.8. The monoisotopic (exact) mass is 418 g/mol. The van der Waals surface area contributed by atoms with Gasteiger partial charge in [0.25, 0.3) is 0 Å². The van der Waals surface area contributed by atoms with Gasteiger partial charge < -0.3 is 10.6 Å². The third kappa shape index (κ3) is 6.04. The van der Waals surface area contributed by atoms with E-state index in [1.807, 2.05) is 67.6 Å². The van der Waals surface area contributed by atoms with Gasteiger partial charge in [0.2, 0.25) is 11.8 Å². The van der Waals surface area contributed by atoms with Gasteiger partial charge in [-0.25, -0.2) is 4.68 Å². The quantitative estimate of drug-likeness (QED) is 0.527. The van der Waals surface area contributed by atoms with Gasteiger partial charge in [-0.1, -0.05) is 62.4 Å². The van der Waals surface area contributed by atoms with Gasteiger partial charge in [-0.2, -0.15) is 5.10 Å². The number of carbonyl (C=O) groups is 2. The van der Waals surface area contributed by atoms with Crippen LogP contribution < -0.4 is 10.6 Å². The standard InChI is InChI=1S/C25H30N4O2/c1-18(2)17-26-22(30)15-10-16-23(31)27-25-24(20-11-6-4-7-12-20)19(3)28-29(25)21-13-8-5-9-14-21/h4-9,11-14,18H,10,15-17H2,1-3H3,(H,26,30)(H,27,31). The summed E-state index contributed by atoms with van der Waals surface area (Å²) in [4.78, 5) is 24.7. The number of hydrogen-bond donors (Lipinski definition) is 2. The summed E-state index contributed by atoms with van der Waals surface area (Å²) in [6, 6.07) is 19.6. The van der Waals surface area contributed by atoms with Gasteiger partial charge in [0, 0.05) is 24.9 Å². The molecule has 0 aliphatic carbocycles. The first-order chi connectivity index (χ1) is 15.0. The summed E-state index contributed by atoms with van der Waals surface area (Å²) in [7, 11) is 0. The van der Waals surface area contributed by atoms with Gasteiger partial charge in [0.05, 0.1) is 11.4 Å². The van der Waals surface area contributed by atoms with Gasteiger partial charge in [-0.05, 0) is 37.0 Å². The van der Waals surface area contributed by atoms with Gasteiger partial charge >= 0.3 is 0 Å². The summed E-state index contributed by atoms with van der Waals surface area (Å²) in [6.07, 6.45) is 1.10. The number of hydrogen-bond acceptors (Lipinski definition) is 3. The smallest absolute Gasteiger partial charge is 0.225 e. The molecule has 0 aliphatic heterocycles. The van der Waals surface area contributed by atoms with Crippen molar-refractivity contribution in [1.82, 2.24) is 15.1 Å². The van der Waals surface area contributed by atoms with Crippen LogP contribution in [0.4, 0.5) is 5.82 Å². The minimum atomic E-state index is -0.133. The van der Waals surface area contributed by atoms with Crippen LogP contribution in [-0.2, 0) is 9.59 Å². The molecule has 0 radical (unpaired) electrons. The van der Waals surface area contributed by atoms with Crippen LogP contribution in [0.5, 0.6) is 0 Å². The Kier molecular flexibility index (Phi) is 7.60. The maximum absolute atomic E-state index is 12.8. The Morgan fingerprint density at radius 1 is 0.935 bits per heavy atom. The first kappa shape index (κ1) is 22.3. The highest BCUT2D eigenvalue weighted by atomic mass is 16.2. The molecule has 0 saturated carbocycles. The van der Waals surface area contributed by atoms with Crippen molar-refractivity contribution in [2.24, 2.45) is 5.92 Å². The molecule has 0 bridgehead atoms. The fourth-order valence-electron chi connectivity index (χ4n) is 3.36. The Labute approximate surface area is 183 Å². The lowest BCUT2D eigenvalue weighted by molar-refractivity contribution is -0.121. The highest BCUT2D eigenvalue weighted by Gasteiger charge is 2.20. The van der Waals surface area contributed by atoms with E-state index >= 15 is 0 Å². The highest BCUT2D eigenvalue weighted by molar-refractivity contribution is 5.95. The number of aromatic nitrogens is 2. The molecule has 6 nitrogen and oxygen atoms in total. The molecule has 0 atom stereocenters. The molecule has 2 aromatic carbocycles. The van der Waals surface area contributed by atoms with Crippen molar-refractivity contribution in [2.75, 3.05) is 11.9 Å². The molecular formula is C25H30N4O2. The zero-order valence-corrected chi connectivity index (χ0v) is 18.4. The van der Waals surface area contributed by atoms with Crippen molar-refractivity contribution in [1.29, 1.82) is 0 Å². The van der Waals surface area contributed by atoms with E-state index in [9.17, 15) is 9.59 Å². The number of benzene rings is 2. The predicted octanol–water partition coefficient (Wildman–Crippen LogP) is 4.73. The van der Waals surface area contributed by atoms with Crippen LogP contribution >= 0.6 is 0 Å².